The molecular weight excluding hydrogens is 377 g/mol. The van der Waals surface area contributed by atoms with Gasteiger partial charge in [0, 0.05) is 24.7 Å². The molecule has 0 aliphatic carbocycles. The number of primary amides is 1. The molecule has 2 aromatic heterocycles. The summed E-state index contributed by atoms with van der Waals surface area (Å²) in [6.45, 7) is 2.12. The monoisotopic (exact) mass is 393 g/mol. The quantitative estimate of drug-likeness (QED) is 0.633. The molecular formula is C20H16FN5O3. The highest BCUT2D eigenvalue weighted by Crippen LogP contribution is 2.34. The molecule has 0 bridgehead atoms. The molecule has 1 amide bonds. The van der Waals surface area contributed by atoms with E-state index >= 15 is 0 Å². The molecule has 1 unspecified atom stereocenters. The van der Waals surface area contributed by atoms with Crippen LogP contribution in [0.2, 0.25) is 0 Å². The van der Waals surface area contributed by atoms with Crippen molar-refractivity contribution in [2.45, 2.75) is 19.1 Å². The molecule has 3 heterocycles. The van der Waals surface area contributed by atoms with E-state index in [1.807, 2.05) is 0 Å². The highest BCUT2D eigenvalue weighted by atomic mass is 19.1. The molecule has 3 aromatic rings. The third kappa shape index (κ3) is 3.53. The van der Waals surface area contributed by atoms with Crippen LogP contribution in [0.3, 0.4) is 0 Å². The SMILES string of the molecule is CC(O)(C#Cc1cc2c(cc1F)OCCn1cc(C(N)=O)nc1-2)c1ncccn1. The van der Waals surface area contributed by atoms with Gasteiger partial charge in [-0.1, -0.05) is 11.8 Å². The molecule has 0 spiro atoms. The average molecular weight is 393 g/mol. The maximum Gasteiger partial charge on any atom is 0.268 e. The third-order valence-corrected chi connectivity index (χ3v) is 4.37. The van der Waals surface area contributed by atoms with Crippen molar-refractivity contribution in [3.63, 3.8) is 0 Å². The number of carbonyl (C=O) groups excluding carboxylic acids is 1. The largest absolute Gasteiger partial charge is 0.491 e. The lowest BCUT2D eigenvalue weighted by Crippen LogP contribution is -2.21. The Labute approximate surface area is 165 Å². The number of fused-ring (bicyclic) bond motifs is 3. The average Bonchev–Trinajstić information content (AvgIpc) is 3.05. The summed E-state index contributed by atoms with van der Waals surface area (Å²) >= 11 is 0. The maximum absolute atomic E-state index is 14.6. The molecule has 9 heteroatoms. The molecule has 1 aliphatic heterocycles. The van der Waals surface area contributed by atoms with E-state index in [-0.39, 0.29) is 29.4 Å². The van der Waals surface area contributed by atoms with Crippen molar-refractivity contribution in [1.29, 1.82) is 0 Å². The number of aromatic nitrogens is 4. The minimum Gasteiger partial charge on any atom is -0.491 e. The van der Waals surface area contributed by atoms with Crippen LogP contribution in [-0.2, 0) is 12.1 Å². The molecule has 0 radical (unpaired) electrons. The van der Waals surface area contributed by atoms with Gasteiger partial charge in [-0.2, -0.15) is 0 Å². The summed E-state index contributed by atoms with van der Waals surface area (Å²) in [6, 6.07) is 4.29. The Bertz CT molecular complexity index is 1160. The molecule has 4 rings (SSSR count). The third-order valence-electron chi connectivity index (χ3n) is 4.37. The first kappa shape index (κ1) is 18.6. The van der Waals surface area contributed by atoms with Crippen molar-refractivity contribution >= 4 is 5.91 Å². The van der Waals surface area contributed by atoms with E-state index in [0.29, 0.717) is 17.9 Å². The first-order valence-corrected chi connectivity index (χ1v) is 8.72. The van der Waals surface area contributed by atoms with Crippen LogP contribution in [0.15, 0.2) is 36.8 Å². The summed E-state index contributed by atoms with van der Waals surface area (Å²) in [4.78, 5) is 23.7. The number of amides is 1. The number of carbonyl (C=O) groups is 1. The van der Waals surface area contributed by atoms with E-state index in [0.717, 1.165) is 0 Å². The van der Waals surface area contributed by atoms with Crippen LogP contribution in [0.25, 0.3) is 11.4 Å². The number of hydrogen-bond acceptors (Lipinski definition) is 6. The molecule has 1 aromatic carbocycles. The van der Waals surface area contributed by atoms with Gasteiger partial charge in [0.25, 0.3) is 5.91 Å². The highest BCUT2D eigenvalue weighted by molar-refractivity contribution is 5.91. The molecule has 0 saturated heterocycles. The lowest BCUT2D eigenvalue weighted by atomic mass is 10.0. The van der Waals surface area contributed by atoms with Crippen LogP contribution in [0.1, 0.15) is 28.8 Å². The Hall–Kier alpha value is -3.77. The van der Waals surface area contributed by atoms with Gasteiger partial charge in [-0.15, -0.1) is 0 Å². The van der Waals surface area contributed by atoms with Gasteiger partial charge in [0.05, 0.1) is 17.7 Å². The zero-order valence-electron chi connectivity index (χ0n) is 15.4. The second-order valence-electron chi connectivity index (χ2n) is 6.58. The first-order chi connectivity index (χ1) is 13.8. The Balaban J connectivity index is 1.79. The van der Waals surface area contributed by atoms with Gasteiger partial charge < -0.3 is 20.1 Å². The number of nitrogens with two attached hydrogens (primary N) is 1. The molecule has 1 atom stereocenters. The molecule has 1 aliphatic rings. The van der Waals surface area contributed by atoms with Gasteiger partial charge in [-0.25, -0.2) is 19.3 Å². The lowest BCUT2D eigenvalue weighted by Gasteiger charge is -2.13. The molecule has 8 nitrogen and oxygen atoms in total. The highest BCUT2D eigenvalue weighted by Gasteiger charge is 2.24. The number of hydrogen-bond donors (Lipinski definition) is 2. The molecule has 29 heavy (non-hydrogen) atoms. The Kier molecular flexibility index (Phi) is 4.48. The van der Waals surface area contributed by atoms with E-state index in [4.69, 9.17) is 10.5 Å². The van der Waals surface area contributed by atoms with Crippen molar-refractivity contribution in [1.82, 2.24) is 19.5 Å². The number of aliphatic hydroxyl groups is 1. The van der Waals surface area contributed by atoms with E-state index in [2.05, 4.69) is 26.8 Å². The smallest absolute Gasteiger partial charge is 0.268 e. The van der Waals surface area contributed by atoms with Crippen LogP contribution in [0, 0.1) is 17.7 Å². The van der Waals surface area contributed by atoms with Gasteiger partial charge >= 0.3 is 0 Å². The van der Waals surface area contributed by atoms with Crippen molar-refractivity contribution in [3.8, 4) is 29.0 Å². The summed E-state index contributed by atoms with van der Waals surface area (Å²) in [7, 11) is 0. The van der Waals surface area contributed by atoms with Gasteiger partial charge in [-0.3, -0.25) is 4.79 Å². The fourth-order valence-corrected chi connectivity index (χ4v) is 2.91. The van der Waals surface area contributed by atoms with Gasteiger partial charge in [0.1, 0.15) is 29.7 Å². The van der Waals surface area contributed by atoms with Gasteiger partial charge in [-0.05, 0) is 19.1 Å². The summed E-state index contributed by atoms with van der Waals surface area (Å²) in [5, 5.41) is 10.5. The number of benzene rings is 1. The van der Waals surface area contributed by atoms with Crippen LogP contribution in [-0.4, -0.2) is 37.1 Å². The predicted molar refractivity (Wildman–Crippen MR) is 100 cm³/mol. The fourth-order valence-electron chi connectivity index (χ4n) is 2.91. The minimum atomic E-state index is -1.67. The van der Waals surface area contributed by atoms with Gasteiger partial charge in [0.2, 0.25) is 0 Å². The minimum absolute atomic E-state index is 0.0284. The molecule has 146 valence electrons. The van der Waals surface area contributed by atoms with Crippen molar-refractivity contribution in [2.75, 3.05) is 6.61 Å². The van der Waals surface area contributed by atoms with Crippen LogP contribution in [0.5, 0.6) is 5.75 Å². The van der Waals surface area contributed by atoms with Crippen LogP contribution < -0.4 is 10.5 Å². The fraction of sp³-hybridized carbons (Fsp3) is 0.200. The van der Waals surface area contributed by atoms with Crippen LogP contribution in [0.4, 0.5) is 4.39 Å². The van der Waals surface area contributed by atoms with Crippen LogP contribution >= 0.6 is 0 Å². The number of halogens is 1. The standard InChI is InChI=1S/C20H16FN5O3/c1-20(28,19-23-5-2-6-24-19)4-3-12-9-13-16(10-14(12)21)29-8-7-26-11-15(17(22)27)25-18(13)26/h2,5-6,9-11,28H,7-8H2,1H3,(H2,22,27). The molecule has 0 fully saturated rings. The summed E-state index contributed by atoms with van der Waals surface area (Å²) in [5.74, 6) is 4.78. The Morgan fingerprint density at radius 3 is 2.86 bits per heavy atom. The lowest BCUT2D eigenvalue weighted by molar-refractivity contribution is 0.0995. The normalized spacial score (nSPS) is 14.3. The predicted octanol–water partition coefficient (Wildman–Crippen LogP) is 1.23. The maximum atomic E-state index is 14.6. The molecule has 3 N–H and O–H groups in total. The van der Waals surface area contributed by atoms with E-state index < -0.39 is 17.3 Å². The van der Waals surface area contributed by atoms with Gasteiger partial charge in [0.15, 0.2) is 11.4 Å². The number of ether oxygens (including phenoxy) is 1. The zero-order valence-corrected chi connectivity index (χ0v) is 15.4. The summed E-state index contributed by atoms with van der Waals surface area (Å²) in [5.41, 5.74) is 4.25. The van der Waals surface area contributed by atoms with E-state index in [9.17, 15) is 14.3 Å². The number of rotatable bonds is 2. The number of nitrogens with zero attached hydrogens (tertiary/aromatic N) is 4. The van der Waals surface area contributed by atoms with Crippen molar-refractivity contribution in [2.24, 2.45) is 5.73 Å². The van der Waals surface area contributed by atoms with E-state index in [1.165, 1.54) is 37.6 Å². The topological polar surface area (TPSA) is 116 Å². The molecule has 0 saturated carbocycles. The first-order valence-electron chi connectivity index (χ1n) is 8.72. The van der Waals surface area contributed by atoms with E-state index in [1.54, 1.807) is 10.6 Å². The van der Waals surface area contributed by atoms with Crippen molar-refractivity contribution < 1.29 is 19.0 Å². The van der Waals surface area contributed by atoms with Crippen molar-refractivity contribution in [3.05, 3.63) is 59.7 Å². The summed E-state index contributed by atoms with van der Waals surface area (Å²) in [6.07, 6.45) is 4.49. The Morgan fingerprint density at radius 1 is 1.38 bits per heavy atom. The summed E-state index contributed by atoms with van der Waals surface area (Å²) < 4.78 is 21.9. The second-order valence-corrected chi connectivity index (χ2v) is 6.58. The zero-order chi connectivity index (χ0) is 20.6. The Morgan fingerprint density at radius 2 is 2.14 bits per heavy atom. The number of imidazole rings is 1. The second kappa shape index (κ2) is 7.00.